The number of rotatable bonds is 9. The number of sulfonamides is 1. The van der Waals surface area contributed by atoms with E-state index in [9.17, 15) is 17.6 Å². The molecule has 8 heteroatoms. The highest BCUT2D eigenvalue weighted by Crippen LogP contribution is 2.17. The third kappa shape index (κ3) is 6.12. The number of carbonyl (C=O) groups is 1. The van der Waals surface area contributed by atoms with Crippen LogP contribution in [0, 0.1) is 5.82 Å². The molecule has 26 heavy (non-hydrogen) atoms. The van der Waals surface area contributed by atoms with Crippen molar-refractivity contribution in [1.82, 2.24) is 10.6 Å². The Morgan fingerprint density at radius 3 is 2.27 bits per heavy atom. The molecule has 1 amide bonds. The minimum atomic E-state index is -3.79. The molecule has 0 bridgehead atoms. The molecule has 0 aliphatic rings. The maximum atomic E-state index is 12.9. The molecule has 0 spiro atoms. The minimum absolute atomic E-state index is 0.0241. The van der Waals surface area contributed by atoms with Gasteiger partial charge in [-0.3, -0.25) is 9.52 Å². The van der Waals surface area contributed by atoms with Gasteiger partial charge < -0.3 is 10.6 Å². The van der Waals surface area contributed by atoms with Crippen molar-refractivity contribution >= 4 is 21.6 Å². The van der Waals surface area contributed by atoms with E-state index in [2.05, 4.69) is 15.4 Å². The summed E-state index contributed by atoms with van der Waals surface area (Å²) in [7, 11) is -1.93. The number of nitrogens with one attached hydrogen (secondary N) is 3. The molecule has 0 saturated heterocycles. The standard InChI is InChI=1S/C18H22FN3O3S/c1-20-11-2-12-21-18(23)13-14-3-7-16(8-4-14)22-26(24,25)17-9-5-15(19)6-10-17/h3-10,20,22H,2,11-13H2,1H3,(H,21,23). The zero-order valence-corrected chi connectivity index (χ0v) is 15.3. The zero-order valence-electron chi connectivity index (χ0n) is 14.5. The summed E-state index contributed by atoms with van der Waals surface area (Å²) in [5.74, 6) is -0.585. The summed E-state index contributed by atoms with van der Waals surface area (Å²) in [4.78, 5) is 11.8. The molecule has 2 rings (SSSR count). The van der Waals surface area contributed by atoms with E-state index in [1.165, 1.54) is 12.1 Å². The second-order valence-electron chi connectivity index (χ2n) is 5.74. The van der Waals surface area contributed by atoms with Crippen LogP contribution in [0.15, 0.2) is 53.4 Å². The molecular formula is C18H22FN3O3S. The van der Waals surface area contributed by atoms with E-state index in [4.69, 9.17) is 0 Å². The maximum Gasteiger partial charge on any atom is 0.261 e. The summed E-state index contributed by atoms with van der Waals surface area (Å²) in [6, 6.07) is 11.1. The molecule has 0 atom stereocenters. The number of halogens is 1. The van der Waals surface area contributed by atoms with Crippen LogP contribution in [0.4, 0.5) is 10.1 Å². The predicted molar refractivity (Wildman–Crippen MR) is 98.9 cm³/mol. The number of carbonyl (C=O) groups excluding carboxylic acids is 1. The predicted octanol–water partition coefficient (Wildman–Crippen LogP) is 1.89. The van der Waals surface area contributed by atoms with Gasteiger partial charge in [-0.1, -0.05) is 12.1 Å². The molecule has 0 aliphatic heterocycles. The SMILES string of the molecule is CNCCCNC(=O)Cc1ccc(NS(=O)(=O)c2ccc(F)cc2)cc1. The average Bonchev–Trinajstić information content (AvgIpc) is 2.61. The van der Waals surface area contributed by atoms with Crippen LogP contribution < -0.4 is 15.4 Å². The molecule has 0 fully saturated rings. The summed E-state index contributed by atoms with van der Waals surface area (Å²) in [5, 5.41) is 5.83. The normalized spacial score (nSPS) is 11.2. The number of amides is 1. The molecular weight excluding hydrogens is 357 g/mol. The van der Waals surface area contributed by atoms with E-state index in [-0.39, 0.29) is 17.2 Å². The molecule has 2 aromatic rings. The van der Waals surface area contributed by atoms with Crippen LogP contribution in [-0.4, -0.2) is 34.5 Å². The highest BCUT2D eigenvalue weighted by Gasteiger charge is 2.14. The lowest BCUT2D eigenvalue weighted by molar-refractivity contribution is -0.120. The van der Waals surface area contributed by atoms with Gasteiger partial charge in [-0.15, -0.1) is 0 Å². The van der Waals surface area contributed by atoms with Crippen LogP contribution in [0.25, 0.3) is 0 Å². The van der Waals surface area contributed by atoms with E-state index >= 15 is 0 Å². The Balaban J connectivity index is 1.92. The van der Waals surface area contributed by atoms with Crippen molar-refractivity contribution in [1.29, 1.82) is 0 Å². The number of hydrogen-bond donors (Lipinski definition) is 3. The number of hydrogen-bond acceptors (Lipinski definition) is 4. The first-order valence-electron chi connectivity index (χ1n) is 8.19. The van der Waals surface area contributed by atoms with Crippen LogP contribution >= 0.6 is 0 Å². The number of benzene rings is 2. The Morgan fingerprint density at radius 1 is 1.00 bits per heavy atom. The van der Waals surface area contributed by atoms with Crippen molar-refractivity contribution in [3.63, 3.8) is 0 Å². The van der Waals surface area contributed by atoms with E-state index < -0.39 is 15.8 Å². The van der Waals surface area contributed by atoms with E-state index in [0.717, 1.165) is 30.7 Å². The van der Waals surface area contributed by atoms with Crippen molar-refractivity contribution in [2.24, 2.45) is 0 Å². The zero-order chi connectivity index (χ0) is 19.0. The molecule has 0 aromatic heterocycles. The van der Waals surface area contributed by atoms with Gasteiger partial charge in [-0.2, -0.15) is 0 Å². The van der Waals surface area contributed by atoms with Gasteiger partial charge in [0.2, 0.25) is 5.91 Å². The Bertz CT molecular complexity index is 822. The average molecular weight is 379 g/mol. The molecule has 6 nitrogen and oxygen atoms in total. The van der Waals surface area contributed by atoms with Crippen molar-refractivity contribution in [3.8, 4) is 0 Å². The fraction of sp³-hybridized carbons (Fsp3) is 0.278. The van der Waals surface area contributed by atoms with Gasteiger partial charge in [-0.05, 0) is 62.0 Å². The lowest BCUT2D eigenvalue weighted by Gasteiger charge is -2.09. The van der Waals surface area contributed by atoms with Gasteiger partial charge >= 0.3 is 0 Å². The van der Waals surface area contributed by atoms with Crippen molar-refractivity contribution in [2.75, 3.05) is 24.9 Å². The largest absolute Gasteiger partial charge is 0.356 e. The van der Waals surface area contributed by atoms with Gasteiger partial charge in [0.15, 0.2) is 0 Å². The smallest absolute Gasteiger partial charge is 0.261 e. The maximum absolute atomic E-state index is 12.9. The molecule has 0 saturated carbocycles. The van der Waals surface area contributed by atoms with E-state index in [1.807, 2.05) is 7.05 Å². The molecule has 0 heterocycles. The summed E-state index contributed by atoms with van der Waals surface area (Å²) in [6.45, 7) is 1.44. The quantitative estimate of drug-likeness (QED) is 0.581. The topological polar surface area (TPSA) is 87.3 Å². The van der Waals surface area contributed by atoms with E-state index in [0.29, 0.717) is 12.2 Å². The molecule has 140 valence electrons. The van der Waals surface area contributed by atoms with Gasteiger partial charge in [0.1, 0.15) is 5.82 Å². The highest BCUT2D eigenvalue weighted by atomic mass is 32.2. The van der Waals surface area contributed by atoms with Crippen molar-refractivity contribution in [2.45, 2.75) is 17.7 Å². The van der Waals surface area contributed by atoms with Crippen LogP contribution in [0.1, 0.15) is 12.0 Å². The molecule has 0 aliphatic carbocycles. The van der Waals surface area contributed by atoms with Gasteiger partial charge in [0, 0.05) is 12.2 Å². The minimum Gasteiger partial charge on any atom is -0.356 e. The molecule has 0 radical (unpaired) electrons. The summed E-state index contributed by atoms with van der Waals surface area (Å²) >= 11 is 0. The van der Waals surface area contributed by atoms with Crippen LogP contribution in [-0.2, 0) is 21.2 Å². The first kappa shape index (κ1) is 19.9. The van der Waals surface area contributed by atoms with Crippen LogP contribution in [0.3, 0.4) is 0 Å². The second kappa shape index (κ2) is 9.30. The van der Waals surface area contributed by atoms with Gasteiger partial charge in [0.25, 0.3) is 10.0 Å². The lowest BCUT2D eigenvalue weighted by Crippen LogP contribution is -2.27. The first-order chi connectivity index (χ1) is 12.4. The van der Waals surface area contributed by atoms with Gasteiger partial charge in [0.05, 0.1) is 11.3 Å². The molecule has 3 N–H and O–H groups in total. The number of anilines is 1. The van der Waals surface area contributed by atoms with Crippen LogP contribution in [0.2, 0.25) is 0 Å². The Hall–Kier alpha value is -2.45. The summed E-state index contributed by atoms with van der Waals surface area (Å²) in [6.07, 6.45) is 1.08. The summed E-state index contributed by atoms with van der Waals surface area (Å²) in [5.41, 5.74) is 1.15. The highest BCUT2D eigenvalue weighted by molar-refractivity contribution is 7.92. The Morgan fingerprint density at radius 2 is 1.65 bits per heavy atom. The third-order valence-electron chi connectivity index (χ3n) is 3.62. The molecule has 2 aromatic carbocycles. The van der Waals surface area contributed by atoms with Crippen molar-refractivity contribution in [3.05, 3.63) is 59.9 Å². The van der Waals surface area contributed by atoms with Gasteiger partial charge in [-0.25, -0.2) is 12.8 Å². The fourth-order valence-corrected chi connectivity index (χ4v) is 3.32. The first-order valence-corrected chi connectivity index (χ1v) is 9.67. The Kier molecular flexibility index (Phi) is 7.11. The Labute approximate surface area is 152 Å². The fourth-order valence-electron chi connectivity index (χ4n) is 2.26. The molecule has 0 unspecified atom stereocenters. The monoisotopic (exact) mass is 379 g/mol. The second-order valence-corrected chi connectivity index (χ2v) is 7.42. The van der Waals surface area contributed by atoms with Crippen LogP contribution in [0.5, 0.6) is 0 Å². The summed E-state index contributed by atoms with van der Waals surface area (Å²) < 4.78 is 39.8. The van der Waals surface area contributed by atoms with Crippen molar-refractivity contribution < 1.29 is 17.6 Å². The third-order valence-corrected chi connectivity index (χ3v) is 5.02. The van der Waals surface area contributed by atoms with E-state index in [1.54, 1.807) is 24.3 Å². The lowest BCUT2D eigenvalue weighted by atomic mass is 10.1.